The summed E-state index contributed by atoms with van der Waals surface area (Å²) in [5, 5.41) is 2.63. The van der Waals surface area contributed by atoms with Crippen LogP contribution in [0.15, 0.2) is 78.0 Å². The van der Waals surface area contributed by atoms with Gasteiger partial charge in [0.15, 0.2) is 0 Å². The molecular weight excluding hydrogens is 477 g/mol. The molecule has 1 atom stereocenters. The van der Waals surface area contributed by atoms with Crippen LogP contribution in [0.2, 0.25) is 0 Å². The lowest BCUT2D eigenvalue weighted by Gasteiger charge is -2.19. The van der Waals surface area contributed by atoms with Crippen molar-refractivity contribution in [2.24, 2.45) is 0 Å². The van der Waals surface area contributed by atoms with E-state index in [9.17, 15) is 22.4 Å². The molecule has 0 bridgehead atoms. The molecule has 184 valence electrons. The minimum absolute atomic E-state index is 0.0844. The van der Waals surface area contributed by atoms with Crippen LogP contribution in [-0.2, 0) is 30.8 Å². The van der Waals surface area contributed by atoms with E-state index in [0.29, 0.717) is 17.0 Å². The number of nitrogens with zero attached hydrogens (tertiary/aromatic N) is 1. The van der Waals surface area contributed by atoms with Crippen LogP contribution in [0.4, 0.5) is 10.1 Å². The number of halogens is 1. The second-order valence-electron chi connectivity index (χ2n) is 7.30. The highest BCUT2D eigenvalue weighted by Gasteiger charge is 2.27. The molecule has 0 saturated heterocycles. The fraction of sp³-hybridized carbons (Fsp3) is 0.208. The Balaban J connectivity index is 1.74. The first kappa shape index (κ1) is 25.8. The van der Waals surface area contributed by atoms with Gasteiger partial charge in [-0.3, -0.25) is 14.6 Å². The Hall–Kier alpha value is -3.83. The van der Waals surface area contributed by atoms with E-state index in [-0.39, 0.29) is 30.5 Å². The lowest BCUT2D eigenvalue weighted by Crippen LogP contribution is -2.47. The number of anilines is 1. The van der Waals surface area contributed by atoms with Crippen LogP contribution < -0.4 is 14.8 Å². The molecule has 1 heterocycles. The number of carbonyl (C=O) groups excluding carboxylic acids is 2. The van der Waals surface area contributed by atoms with Crippen LogP contribution in [0, 0.1) is 5.82 Å². The summed E-state index contributed by atoms with van der Waals surface area (Å²) in [6.45, 7) is 1.66. The SMILES string of the molecule is CCOC(=O)Cc1ccc(NC(=O)[C@H](COc2cccnc2)NS(=O)(=O)c2ccc(F)cc2)cc1. The molecule has 2 aromatic carbocycles. The molecule has 0 saturated carbocycles. The Morgan fingerprint density at radius 1 is 1.06 bits per heavy atom. The number of sulfonamides is 1. The highest BCUT2D eigenvalue weighted by Crippen LogP contribution is 2.14. The quantitative estimate of drug-likeness (QED) is 0.387. The van der Waals surface area contributed by atoms with Gasteiger partial charge in [-0.1, -0.05) is 12.1 Å². The number of hydrogen-bond donors (Lipinski definition) is 2. The number of amides is 1. The molecule has 3 rings (SSSR count). The van der Waals surface area contributed by atoms with Gasteiger partial charge in [0, 0.05) is 11.9 Å². The van der Waals surface area contributed by atoms with Crippen molar-refractivity contribution in [1.82, 2.24) is 9.71 Å². The Morgan fingerprint density at radius 2 is 1.77 bits per heavy atom. The van der Waals surface area contributed by atoms with Crippen molar-refractivity contribution >= 4 is 27.6 Å². The topological polar surface area (TPSA) is 124 Å². The first-order valence-electron chi connectivity index (χ1n) is 10.6. The Kier molecular flexibility index (Phi) is 8.87. The van der Waals surface area contributed by atoms with E-state index in [2.05, 4.69) is 15.0 Å². The molecule has 0 radical (unpaired) electrons. The fourth-order valence-electron chi connectivity index (χ4n) is 2.96. The molecule has 0 fully saturated rings. The number of rotatable bonds is 11. The van der Waals surface area contributed by atoms with Crippen molar-refractivity contribution in [3.63, 3.8) is 0 Å². The third-order valence-corrected chi connectivity index (χ3v) is 6.15. The maximum atomic E-state index is 13.2. The van der Waals surface area contributed by atoms with Crippen LogP contribution >= 0.6 is 0 Å². The number of pyridine rings is 1. The third-order valence-electron chi connectivity index (χ3n) is 4.66. The molecule has 0 unspecified atom stereocenters. The van der Waals surface area contributed by atoms with E-state index in [1.165, 1.54) is 6.20 Å². The van der Waals surface area contributed by atoms with E-state index in [1.54, 1.807) is 49.5 Å². The van der Waals surface area contributed by atoms with Gasteiger partial charge in [0.05, 0.1) is 24.1 Å². The van der Waals surface area contributed by atoms with Crippen LogP contribution in [0.5, 0.6) is 5.75 Å². The summed E-state index contributed by atoms with van der Waals surface area (Å²) in [7, 11) is -4.17. The van der Waals surface area contributed by atoms with Gasteiger partial charge in [0.2, 0.25) is 15.9 Å². The standard InChI is InChI=1S/C24H24FN3O6S/c1-2-33-23(29)14-17-5-9-19(10-6-17)27-24(30)22(16-34-20-4-3-13-26-15-20)28-35(31,32)21-11-7-18(25)8-12-21/h3-13,15,22,28H,2,14,16H2,1H3,(H,27,30)/t22-/m0/s1. The highest BCUT2D eigenvalue weighted by molar-refractivity contribution is 7.89. The van der Waals surface area contributed by atoms with E-state index in [4.69, 9.17) is 9.47 Å². The van der Waals surface area contributed by atoms with Crippen molar-refractivity contribution in [1.29, 1.82) is 0 Å². The summed E-state index contributed by atoms with van der Waals surface area (Å²) in [5.74, 6) is -1.30. The lowest BCUT2D eigenvalue weighted by atomic mass is 10.1. The lowest BCUT2D eigenvalue weighted by molar-refractivity contribution is -0.142. The summed E-state index contributed by atoms with van der Waals surface area (Å²) in [5.41, 5.74) is 1.07. The summed E-state index contributed by atoms with van der Waals surface area (Å²) < 4.78 is 51.6. The number of aromatic nitrogens is 1. The molecule has 3 aromatic rings. The normalized spacial score (nSPS) is 11.9. The zero-order chi connectivity index (χ0) is 25.3. The predicted molar refractivity (Wildman–Crippen MR) is 126 cm³/mol. The van der Waals surface area contributed by atoms with Gasteiger partial charge in [-0.25, -0.2) is 12.8 Å². The monoisotopic (exact) mass is 501 g/mol. The van der Waals surface area contributed by atoms with Gasteiger partial charge in [-0.15, -0.1) is 0 Å². The number of esters is 1. The molecule has 1 aromatic heterocycles. The predicted octanol–water partition coefficient (Wildman–Crippen LogP) is 2.69. The van der Waals surface area contributed by atoms with Gasteiger partial charge in [0.25, 0.3) is 0 Å². The first-order valence-corrected chi connectivity index (χ1v) is 12.1. The zero-order valence-corrected chi connectivity index (χ0v) is 19.6. The number of hydrogen-bond acceptors (Lipinski definition) is 7. The summed E-state index contributed by atoms with van der Waals surface area (Å²) >= 11 is 0. The smallest absolute Gasteiger partial charge is 0.310 e. The minimum Gasteiger partial charge on any atom is -0.490 e. The van der Waals surface area contributed by atoms with Crippen molar-refractivity contribution in [2.75, 3.05) is 18.5 Å². The number of carbonyl (C=O) groups is 2. The van der Waals surface area contributed by atoms with Gasteiger partial charge >= 0.3 is 5.97 Å². The van der Waals surface area contributed by atoms with Crippen LogP contribution in [0.1, 0.15) is 12.5 Å². The average molecular weight is 502 g/mol. The largest absolute Gasteiger partial charge is 0.490 e. The van der Waals surface area contributed by atoms with Gasteiger partial charge in [0.1, 0.15) is 24.2 Å². The summed E-state index contributed by atoms with van der Waals surface area (Å²) in [4.78, 5) is 28.3. The third kappa shape index (κ3) is 7.87. The maximum Gasteiger partial charge on any atom is 0.310 e. The van der Waals surface area contributed by atoms with E-state index in [1.807, 2.05) is 0 Å². The molecule has 0 aliphatic heterocycles. The molecule has 0 spiro atoms. The second-order valence-corrected chi connectivity index (χ2v) is 9.01. The zero-order valence-electron chi connectivity index (χ0n) is 18.8. The molecule has 1 amide bonds. The van der Waals surface area contributed by atoms with Crippen molar-refractivity contribution in [2.45, 2.75) is 24.3 Å². The second kappa shape index (κ2) is 12.0. The van der Waals surface area contributed by atoms with Crippen LogP contribution in [0.25, 0.3) is 0 Å². The minimum atomic E-state index is -4.17. The molecule has 9 nitrogen and oxygen atoms in total. The molecule has 11 heteroatoms. The highest BCUT2D eigenvalue weighted by atomic mass is 32.2. The number of benzene rings is 2. The first-order chi connectivity index (χ1) is 16.8. The van der Waals surface area contributed by atoms with Gasteiger partial charge < -0.3 is 14.8 Å². The molecule has 0 aliphatic carbocycles. The van der Waals surface area contributed by atoms with Crippen molar-refractivity contribution < 1.29 is 31.9 Å². The summed E-state index contributed by atoms with van der Waals surface area (Å²) in [6, 6.07) is 12.6. The van der Waals surface area contributed by atoms with Crippen molar-refractivity contribution in [3.05, 3.63) is 84.4 Å². The molecule has 35 heavy (non-hydrogen) atoms. The van der Waals surface area contributed by atoms with Crippen LogP contribution in [0.3, 0.4) is 0 Å². The van der Waals surface area contributed by atoms with E-state index >= 15 is 0 Å². The number of nitrogens with one attached hydrogen (secondary N) is 2. The summed E-state index contributed by atoms with van der Waals surface area (Å²) in [6.07, 6.45) is 3.05. The Labute approximate surface area is 202 Å². The Bertz CT molecular complexity index is 1240. The maximum absolute atomic E-state index is 13.2. The van der Waals surface area contributed by atoms with Crippen LogP contribution in [-0.4, -0.2) is 44.5 Å². The molecule has 2 N–H and O–H groups in total. The van der Waals surface area contributed by atoms with E-state index in [0.717, 1.165) is 24.3 Å². The molecule has 0 aliphatic rings. The fourth-order valence-corrected chi connectivity index (χ4v) is 4.14. The van der Waals surface area contributed by atoms with E-state index < -0.39 is 27.8 Å². The number of ether oxygens (including phenoxy) is 2. The van der Waals surface area contributed by atoms with Gasteiger partial charge in [-0.05, 0) is 61.0 Å². The average Bonchev–Trinajstić information content (AvgIpc) is 2.84. The molecular formula is C24H24FN3O6S. The van der Waals surface area contributed by atoms with Crippen molar-refractivity contribution in [3.8, 4) is 5.75 Å². The Morgan fingerprint density at radius 3 is 2.40 bits per heavy atom. The van der Waals surface area contributed by atoms with Gasteiger partial charge in [-0.2, -0.15) is 4.72 Å².